The molecule has 0 aliphatic rings. The summed E-state index contributed by atoms with van der Waals surface area (Å²) in [5, 5.41) is 5.73. The van der Waals surface area contributed by atoms with E-state index in [1.54, 1.807) is 6.33 Å². The summed E-state index contributed by atoms with van der Waals surface area (Å²) < 4.78 is 8.39. The lowest BCUT2D eigenvalue weighted by Gasteiger charge is -2.10. The molecular weight excluding hydrogens is 302 g/mol. The van der Waals surface area contributed by atoms with Crippen LogP contribution in [-0.2, 0) is 6.54 Å². The Morgan fingerprint density at radius 3 is 2.96 bits per heavy atom. The first-order chi connectivity index (χ1) is 11.7. The summed E-state index contributed by atoms with van der Waals surface area (Å²) in [5.74, 6) is 0. The quantitative estimate of drug-likeness (QED) is 0.518. The lowest BCUT2D eigenvalue weighted by Crippen LogP contribution is -2.18. The standard InChI is InChI=1S/C18H17N5O/c1-22(2)7-8-23-13-9-12-17(20-10-19-12)18-15(13)16(21-23)11-5-3-4-6-14(11)24-18/h3-6,9-10,21H,7-8H2,1-2H3. The minimum absolute atomic E-state index is 0.800. The smallest absolute Gasteiger partial charge is 0.166 e. The van der Waals surface area contributed by atoms with Crippen molar-refractivity contribution >= 4 is 44.0 Å². The number of rotatable bonds is 3. The van der Waals surface area contributed by atoms with Gasteiger partial charge in [0.25, 0.3) is 0 Å². The second kappa shape index (κ2) is 4.82. The zero-order valence-electron chi connectivity index (χ0n) is 13.6. The number of H-pyrrole nitrogens is 1. The molecule has 0 unspecified atom stereocenters. The van der Waals surface area contributed by atoms with Crippen molar-refractivity contribution < 1.29 is 4.42 Å². The van der Waals surface area contributed by atoms with Crippen molar-refractivity contribution in [1.29, 1.82) is 0 Å². The zero-order chi connectivity index (χ0) is 16.3. The molecule has 6 heteroatoms. The van der Waals surface area contributed by atoms with Crippen LogP contribution >= 0.6 is 0 Å². The van der Waals surface area contributed by atoms with Gasteiger partial charge < -0.3 is 9.32 Å². The van der Waals surface area contributed by atoms with Crippen LogP contribution in [0.4, 0.5) is 0 Å². The Morgan fingerprint density at radius 1 is 1.21 bits per heavy atom. The zero-order valence-corrected chi connectivity index (χ0v) is 13.6. The SMILES string of the molecule is CN(C)CCn1[nH]c2c3ccccc3oc3c4ncnc4cc1c23. The van der Waals surface area contributed by atoms with Crippen LogP contribution in [0.1, 0.15) is 0 Å². The molecule has 5 rings (SSSR count). The number of aromatic amines is 1. The molecule has 1 N–H and O–H groups in total. The molecule has 120 valence electrons. The summed E-state index contributed by atoms with van der Waals surface area (Å²) in [5.41, 5.74) is 5.52. The van der Waals surface area contributed by atoms with E-state index in [9.17, 15) is 0 Å². The molecule has 0 bridgehead atoms. The van der Waals surface area contributed by atoms with E-state index < -0.39 is 0 Å². The van der Waals surface area contributed by atoms with Gasteiger partial charge in [0.1, 0.15) is 17.4 Å². The first-order valence-corrected chi connectivity index (χ1v) is 8.00. The first-order valence-electron chi connectivity index (χ1n) is 8.00. The molecule has 0 amide bonds. The summed E-state index contributed by atoms with van der Waals surface area (Å²) in [6.07, 6.45) is 1.59. The Bertz CT molecular complexity index is 1190. The molecule has 2 aromatic carbocycles. The van der Waals surface area contributed by atoms with Crippen LogP contribution in [0.3, 0.4) is 0 Å². The summed E-state index contributed by atoms with van der Waals surface area (Å²) in [6, 6.07) is 10.2. The van der Waals surface area contributed by atoms with Gasteiger partial charge in [0.05, 0.1) is 28.5 Å². The molecule has 0 fully saturated rings. The second-order valence-corrected chi connectivity index (χ2v) is 6.38. The van der Waals surface area contributed by atoms with Crippen LogP contribution in [0.2, 0.25) is 0 Å². The minimum Gasteiger partial charge on any atom is -0.453 e. The fourth-order valence-electron chi connectivity index (χ4n) is 3.34. The fraction of sp³-hybridized carbons (Fsp3) is 0.222. The third-order valence-electron chi connectivity index (χ3n) is 4.52. The highest BCUT2D eigenvalue weighted by atomic mass is 16.3. The molecule has 0 saturated carbocycles. The van der Waals surface area contributed by atoms with Crippen molar-refractivity contribution in [3.05, 3.63) is 36.7 Å². The molecule has 0 spiro atoms. The van der Waals surface area contributed by atoms with Gasteiger partial charge >= 0.3 is 0 Å². The highest BCUT2D eigenvalue weighted by Gasteiger charge is 2.18. The van der Waals surface area contributed by atoms with Crippen LogP contribution in [0.5, 0.6) is 0 Å². The predicted molar refractivity (Wildman–Crippen MR) is 95.2 cm³/mol. The number of nitrogens with zero attached hydrogens (tertiary/aromatic N) is 4. The molecule has 0 saturated heterocycles. The van der Waals surface area contributed by atoms with Crippen LogP contribution in [-0.4, -0.2) is 45.3 Å². The van der Waals surface area contributed by atoms with Crippen LogP contribution in [0.25, 0.3) is 44.0 Å². The van der Waals surface area contributed by atoms with Crippen LogP contribution < -0.4 is 0 Å². The van der Waals surface area contributed by atoms with Crippen molar-refractivity contribution in [2.24, 2.45) is 0 Å². The van der Waals surface area contributed by atoms with Gasteiger partial charge in [0.2, 0.25) is 0 Å². The summed E-state index contributed by atoms with van der Waals surface area (Å²) >= 11 is 0. The van der Waals surface area contributed by atoms with E-state index >= 15 is 0 Å². The molecule has 0 atom stereocenters. The molecule has 3 aromatic heterocycles. The van der Waals surface area contributed by atoms with Gasteiger partial charge in [-0.25, -0.2) is 9.97 Å². The minimum atomic E-state index is 0.800. The number of imidazole rings is 1. The van der Waals surface area contributed by atoms with E-state index in [-0.39, 0.29) is 0 Å². The fourth-order valence-corrected chi connectivity index (χ4v) is 3.34. The largest absolute Gasteiger partial charge is 0.453 e. The molecular formula is C18H17N5O. The van der Waals surface area contributed by atoms with Gasteiger partial charge in [-0.1, -0.05) is 12.1 Å². The van der Waals surface area contributed by atoms with Gasteiger partial charge in [-0.15, -0.1) is 0 Å². The highest BCUT2D eigenvalue weighted by Crippen LogP contribution is 2.36. The topological polar surface area (TPSA) is 62.9 Å². The maximum Gasteiger partial charge on any atom is 0.166 e. The number of likely N-dealkylation sites (N-methyl/N-ethyl adjacent to an activating group) is 1. The molecule has 5 aromatic rings. The number of para-hydroxylation sites is 1. The van der Waals surface area contributed by atoms with Gasteiger partial charge in [-0.2, -0.15) is 0 Å². The van der Waals surface area contributed by atoms with Crippen molar-refractivity contribution in [2.75, 3.05) is 20.6 Å². The monoisotopic (exact) mass is 319 g/mol. The van der Waals surface area contributed by atoms with E-state index in [2.05, 4.69) is 50.9 Å². The van der Waals surface area contributed by atoms with E-state index in [0.29, 0.717) is 0 Å². The number of hydrogen-bond donors (Lipinski definition) is 1. The van der Waals surface area contributed by atoms with Crippen molar-refractivity contribution in [2.45, 2.75) is 6.54 Å². The molecule has 0 radical (unpaired) electrons. The maximum atomic E-state index is 6.21. The lowest BCUT2D eigenvalue weighted by atomic mass is 10.1. The summed E-state index contributed by atoms with van der Waals surface area (Å²) in [7, 11) is 4.16. The van der Waals surface area contributed by atoms with E-state index in [4.69, 9.17) is 4.42 Å². The maximum absolute atomic E-state index is 6.21. The van der Waals surface area contributed by atoms with Gasteiger partial charge in [0.15, 0.2) is 5.58 Å². The third kappa shape index (κ3) is 1.80. The number of hydrogen-bond acceptors (Lipinski definition) is 4. The van der Waals surface area contributed by atoms with Crippen molar-refractivity contribution in [3.63, 3.8) is 0 Å². The average Bonchev–Trinajstić information content (AvgIpc) is 3.19. The number of benzene rings is 2. The Labute approximate surface area is 137 Å². The Balaban J connectivity index is 1.95. The van der Waals surface area contributed by atoms with Crippen LogP contribution in [0, 0.1) is 0 Å². The van der Waals surface area contributed by atoms with E-state index in [1.165, 1.54) is 0 Å². The lowest BCUT2D eigenvalue weighted by molar-refractivity contribution is 0.377. The Morgan fingerprint density at radius 2 is 2.08 bits per heavy atom. The number of nitrogens with one attached hydrogen (secondary N) is 1. The Hall–Kier alpha value is -2.86. The van der Waals surface area contributed by atoms with Gasteiger partial charge in [-0.3, -0.25) is 9.78 Å². The number of aromatic nitrogens is 4. The molecule has 3 heterocycles. The second-order valence-electron chi connectivity index (χ2n) is 6.38. The van der Waals surface area contributed by atoms with Crippen molar-refractivity contribution in [3.8, 4) is 0 Å². The molecule has 0 aliphatic carbocycles. The van der Waals surface area contributed by atoms with Gasteiger partial charge in [0, 0.05) is 11.9 Å². The third-order valence-corrected chi connectivity index (χ3v) is 4.52. The van der Waals surface area contributed by atoms with Crippen LogP contribution in [0.15, 0.2) is 41.1 Å². The normalized spacial score (nSPS) is 12.5. The average molecular weight is 319 g/mol. The molecule has 24 heavy (non-hydrogen) atoms. The van der Waals surface area contributed by atoms with E-state index in [0.717, 1.165) is 57.1 Å². The first kappa shape index (κ1) is 13.6. The molecule has 6 nitrogen and oxygen atoms in total. The van der Waals surface area contributed by atoms with Crippen molar-refractivity contribution in [1.82, 2.24) is 24.6 Å². The number of fused-ring (bicyclic) bond motifs is 4. The highest BCUT2D eigenvalue weighted by molar-refractivity contribution is 6.21. The summed E-state index contributed by atoms with van der Waals surface area (Å²) in [4.78, 5) is 10.9. The Kier molecular flexibility index (Phi) is 2.72. The molecule has 0 aliphatic heterocycles. The van der Waals surface area contributed by atoms with Gasteiger partial charge in [-0.05, 0) is 32.3 Å². The summed E-state index contributed by atoms with van der Waals surface area (Å²) in [6.45, 7) is 1.81. The predicted octanol–water partition coefficient (Wildman–Crippen LogP) is 3.37. The van der Waals surface area contributed by atoms with E-state index in [1.807, 2.05) is 18.2 Å².